The van der Waals surface area contributed by atoms with Gasteiger partial charge in [-0.2, -0.15) is 9.78 Å². The van der Waals surface area contributed by atoms with Crippen LogP contribution < -0.4 is 0 Å². The molecular formula is C14H23N5O. The van der Waals surface area contributed by atoms with Gasteiger partial charge in [-0.3, -0.25) is 4.90 Å². The van der Waals surface area contributed by atoms with E-state index in [1.807, 2.05) is 4.90 Å². The van der Waals surface area contributed by atoms with Gasteiger partial charge in [0.05, 0.1) is 5.54 Å². The highest BCUT2D eigenvalue weighted by molar-refractivity contribution is 5.76. The van der Waals surface area contributed by atoms with Gasteiger partial charge in [-0.05, 0) is 39.5 Å². The second kappa shape index (κ2) is 5.16. The van der Waals surface area contributed by atoms with E-state index in [0.29, 0.717) is 6.04 Å². The minimum absolute atomic E-state index is 0.00551. The zero-order chi connectivity index (χ0) is 14.2. The third-order valence-corrected chi connectivity index (χ3v) is 4.78. The molecule has 3 rings (SSSR count). The van der Waals surface area contributed by atoms with Crippen LogP contribution in [0.4, 0.5) is 4.79 Å². The molecule has 1 atom stereocenters. The Hall–Kier alpha value is -1.43. The number of hydrogen-bond donors (Lipinski definition) is 0. The molecule has 0 aliphatic carbocycles. The first-order valence-corrected chi connectivity index (χ1v) is 7.53. The maximum atomic E-state index is 12.7. The van der Waals surface area contributed by atoms with Crippen LogP contribution in [0.1, 0.15) is 39.5 Å². The van der Waals surface area contributed by atoms with Gasteiger partial charge in [0.25, 0.3) is 0 Å². The average Bonchev–Trinajstić information content (AvgIpc) is 3.08. The summed E-state index contributed by atoms with van der Waals surface area (Å²) in [6.45, 7) is 7.37. The molecule has 1 spiro atoms. The number of carbonyl (C=O) groups is 1. The number of amides is 1. The van der Waals surface area contributed by atoms with Crippen molar-refractivity contribution >= 4 is 6.03 Å². The summed E-state index contributed by atoms with van der Waals surface area (Å²) in [6, 6.07) is 0.521. The number of rotatable bonds is 1. The zero-order valence-corrected chi connectivity index (χ0v) is 12.3. The van der Waals surface area contributed by atoms with E-state index in [4.69, 9.17) is 0 Å². The van der Waals surface area contributed by atoms with Gasteiger partial charge in [0.2, 0.25) is 0 Å². The summed E-state index contributed by atoms with van der Waals surface area (Å²) in [4.78, 5) is 21.1. The molecule has 1 aromatic rings. The second-order valence-electron chi connectivity index (χ2n) is 6.27. The van der Waals surface area contributed by atoms with Crippen LogP contribution >= 0.6 is 0 Å². The average molecular weight is 277 g/mol. The van der Waals surface area contributed by atoms with Crippen molar-refractivity contribution in [2.75, 3.05) is 19.6 Å². The van der Waals surface area contributed by atoms with Gasteiger partial charge in [0, 0.05) is 25.7 Å². The lowest BCUT2D eigenvalue weighted by Gasteiger charge is -2.44. The molecule has 6 nitrogen and oxygen atoms in total. The van der Waals surface area contributed by atoms with Gasteiger partial charge in [0.1, 0.15) is 12.7 Å². The topological polar surface area (TPSA) is 54.3 Å². The van der Waals surface area contributed by atoms with Crippen LogP contribution in [0.2, 0.25) is 0 Å². The van der Waals surface area contributed by atoms with Crippen molar-refractivity contribution in [2.24, 2.45) is 0 Å². The van der Waals surface area contributed by atoms with Gasteiger partial charge < -0.3 is 4.90 Å². The lowest BCUT2D eigenvalue weighted by atomic mass is 9.86. The van der Waals surface area contributed by atoms with Crippen molar-refractivity contribution in [2.45, 2.75) is 51.1 Å². The van der Waals surface area contributed by atoms with Gasteiger partial charge in [-0.25, -0.2) is 9.78 Å². The fraction of sp³-hybridized carbons (Fsp3) is 0.786. The fourth-order valence-electron chi connectivity index (χ4n) is 3.58. The number of carbonyl (C=O) groups excluding carboxylic acids is 1. The maximum Gasteiger partial charge on any atom is 0.346 e. The summed E-state index contributed by atoms with van der Waals surface area (Å²) in [6.07, 6.45) is 7.41. The molecule has 0 radical (unpaired) electrons. The Morgan fingerprint density at radius 3 is 2.75 bits per heavy atom. The molecule has 1 aromatic heterocycles. The van der Waals surface area contributed by atoms with Crippen LogP contribution in [0.3, 0.4) is 0 Å². The third kappa shape index (κ3) is 2.22. The Balaban J connectivity index is 1.83. The van der Waals surface area contributed by atoms with Gasteiger partial charge in [-0.1, -0.05) is 0 Å². The smallest absolute Gasteiger partial charge is 0.316 e. The van der Waals surface area contributed by atoms with Crippen LogP contribution in [0.15, 0.2) is 12.7 Å². The Morgan fingerprint density at radius 1 is 1.25 bits per heavy atom. The summed E-state index contributed by atoms with van der Waals surface area (Å²) in [7, 11) is 0. The minimum Gasteiger partial charge on any atom is -0.316 e. The van der Waals surface area contributed by atoms with Crippen molar-refractivity contribution in [3.63, 3.8) is 0 Å². The highest BCUT2D eigenvalue weighted by atomic mass is 16.2. The molecule has 2 aliphatic heterocycles. The molecule has 0 N–H and O–H groups in total. The van der Waals surface area contributed by atoms with Crippen LogP contribution in [0, 0.1) is 0 Å². The highest BCUT2D eigenvalue weighted by Crippen LogP contribution is 2.37. The van der Waals surface area contributed by atoms with Gasteiger partial charge >= 0.3 is 6.03 Å². The van der Waals surface area contributed by atoms with E-state index in [1.54, 1.807) is 0 Å². The predicted molar refractivity (Wildman–Crippen MR) is 75.4 cm³/mol. The van der Waals surface area contributed by atoms with Gasteiger partial charge in [-0.15, -0.1) is 0 Å². The van der Waals surface area contributed by atoms with Crippen LogP contribution in [-0.2, 0) is 0 Å². The molecule has 110 valence electrons. The van der Waals surface area contributed by atoms with E-state index >= 15 is 0 Å². The van der Waals surface area contributed by atoms with Crippen molar-refractivity contribution < 1.29 is 4.79 Å². The first-order valence-electron chi connectivity index (χ1n) is 7.53. The van der Waals surface area contributed by atoms with Crippen molar-refractivity contribution in [3.8, 4) is 0 Å². The first kappa shape index (κ1) is 13.5. The summed E-state index contributed by atoms with van der Waals surface area (Å²) in [5.41, 5.74) is 0.00551. The largest absolute Gasteiger partial charge is 0.346 e. The van der Waals surface area contributed by atoms with Crippen molar-refractivity contribution in [1.29, 1.82) is 0 Å². The Bertz CT molecular complexity index is 472. The third-order valence-electron chi connectivity index (χ3n) is 4.78. The van der Waals surface area contributed by atoms with E-state index < -0.39 is 0 Å². The molecular weight excluding hydrogens is 254 g/mol. The summed E-state index contributed by atoms with van der Waals surface area (Å²) in [5.74, 6) is 0. The van der Waals surface area contributed by atoms with E-state index in [9.17, 15) is 4.79 Å². The molecule has 2 aliphatic rings. The first-order chi connectivity index (χ1) is 9.62. The lowest BCUT2D eigenvalue weighted by Crippen LogP contribution is -2.57. The summed E-state index contributed by atoms with van der Waals surface area (Å²) < 4.78 is 1.37. The molecule has 2 saturated heterocycles. The number of likely N-dealkylation sites (tertiary alicyclic amines) is 2. The van der Waals surface area contributed by atoms with Crippen molar-refractivity contribution in [1.82, 2.24) is 24.6 Å². The van der Waals surface area contributed by atoms with Crippen LogP contribution in [-0.4, -0.2) is 61.8 Å². The lowest BCUT2D eigenvalue weighted by molar-refractivity contribution is 0.0765. The second-order valence-corrected chi connectivity index (χ2v) is 6.27. The molecule has 6 heteroatoms. The number of hydrogen-bond acceptors (Lipinski definition) is 4. The van der Waals surface area contributed by atoms with Crippen LogP contribution in [0.5, 0.6) is 0 Å². The van der Waals surface area contributed by atoms with E-state index in [-0.39, 0.29) is 11.6 Å². The molecule has 2 fully saturated rings. The van der Waals surface area contributed by atoms with Crippen LogP contribution in [0.25, 0.3) is 0 Å². The zero-order valence-electron chi connectivity index (χ0n) is 12.3. The molecule has 20 heavy (non-hydrogen) atoms. The quantitative estimate of drug-likeness (QED) is 0.782. The standard InChI is InChI=1S/C14H23N5O/c1-12(2)17-8-6-14(9-17)5-3-4-7-18(14)13(20)19-11-15-10-16-19/h10-12H,3-9H2,1-2H3. The molecule has 1 unspecified atom stereocenters. The Morgan fingerprint density at radius 2 is 2.10 bits per heavy atom. The molecule has 0 saturated carbocycles. The van der Waals surface area contributed by atoms with Gasteiger partial charge in [0.15, 0.2) is 0 Å². The number of nitrogens with zero attached hydrogens (tertiary/aromatic N) is 5. The highest BCUT2D eigenvalue weighted by Gasteiger charge is 2.47. The Kier molecular flexibility index (Phi) is 3.50. The number of aromatic nitrogens is 3. The maximum absolute atomic E-state index is 12.7. The monoisotopic (exact) mass is 277 g/mol. The Labute approximate surface area is 119 Å². The van der Waals surface area contributed by atoms with E-state index in [2.05, 4.69) is 28.8 Å². The predicted octanol–water partition coefficient (Wildman–Crippen LogP) is 1.58. The van der Waals surface area contributed by atoms with E-state index in [0.717, 1.165) is 38.9 Å². The summed E-state index contributed by atoms with van der Waals surface area (Å²) >= 11 is 0. The fourth-order valence-corrected chi connectivity index (χ4v) is 3.58. The molecule has 0 aromatic carbocycles. The molecule has 1 amide bonds. The molecule has 3 heterocycles. The SMILES string of the molecule is CC(C)N1CCC2(CCCCN2C(=O)n2cncn2)C1. The van der Waals surface area contributed by atoms with E-state index in [1.165, 1.54) is 23.8 Å². The summed E-state index contributed by atoms with van der Waals surface area (Å²) in [5, 5.41) is 4.00. The normalized spacial score (nSPS) is 27.6. The van der Waals surface area contributed by atoms with Crippen molar-refractivity contribution in [3.05, 3.63) is 12.7 Å². The number of piperidine rings is 1. The molecule has 0 bridgehead atoms. The minimum atomic E-state index is -0.0205.